The minimum absolute atomic E-state index is 1.09. The highest BCUT2D eigenvalue weighted by molar-refractivity contribution is 14.1. The number of aryl methyl sites for hydroxylation is 1. The Hall–Kier alpha value is -0.490. The van der Waals surface area contributed by atoms with Gasteiger partial charge in [-0.05, 0) is 34.7 Å². The third-order valence-corrected chi connectivity index (χ3v) is 4.13. The van der Waals surface area contributed by atoms with Crippen molar-refractivity contribution in [1.82, 2.24) is 9.55 Å². The Morgan fingerprint density at radius 1 is 1.27 bits per heavy atom. The zero-order chi connectivity index (χ0) is 10.3. The molecule has 0 unspecified atom stereocenters. The minimum Gasteiger partial charge on any atom is -0.325 e. The van der Waals surface area contributed by atoms with Crippen molar-refractivity contribution in [2.45, 2.75) is 11.7 Å². The average Bonchev–Trinajstić information content (AvgIpc) is 2.78. The molecule has 0 spiro atoms. The van der Waals surface area contributed by atoms with E-state index in [4.69, 9.17) is 0 Å². The van der Waals surface area contributed by atoms with Gasteiger partial charge < -0.3 is 4.57 Å². The van der Waals surface area contributed by atoms with Crippen LogP contribution < -0.4 is 0 Å². The molecule has 0 atom stereocenters. The summed E-state index contributed by atoms with van der Waals surface area (Å²) in [6.45, 7) is 1.09. The van der Waals surface area contributed by atoms with Crippen LogP contribution in [0.2, 0.25) is 0 Å². The fraction of sp³-hybridized carbons (Fsp3) is 0.182. The van der Waals surface area contributed by atoms with Crippen molar-refractivity contribution >= 4 is 34.4 Å². The Morgan fingerprint density at radius 2 is 2.07 bits per heavy atom. The summed E-state index contributed by atoms with van der Waals surface area (Å²) in [4.78, 5) is 4.61. The number of nitrogens with zero attached hydrogens (tertiary/aromatic N) is 2. The Bertz CT molecular complexity index is 468. The minimum atomic E-state index is 1.09. The molecule has 0 fully saturated rings. The van der Waals surface area contributed by atoms with Crippen LogP contribution >= 0.6 is 34.4 Å². The summed E-state index contributed by atoms with van der Waals surface area (Å²) in [5, 5.41) is 1.16. The van der Waals surface area contributed by atoms with E-state index in [1.165, 1.54) is 9.13 Å². The average molecular weight is 328 g/mol. The monoisotopic (exact) mass is 328 g/mol. The SMILES string of the molecule is Ic1ccc(-c2cn3c(n2)SCC3)cc1. The van der Waals surface area contributed by atoms with Crippen molar-refractivity contribution in [2.24, 2.45) is 0 Å². The van der Waals surface area contributed by atoms with Gasteiger partial charge in [-0.25, -0.2) is 4.98 Å². The van der Waals surface area contributed by atoms with E-state index in [9.17, 15) is 0 Å². The molecule has 1 aliphatic rings. The third kappa shape index (κ3) is 1.80. The normalized spacial score (nSPS) is 14.2. The standard InChI is InChI=1S/C11H9IN2S/c12-9-3-1-8(2-4-9)10-7-14-5-6-15-11(14)13-10/h1-4,7H,5-6H2. The molecule has 76 valence electrons. The fourth-order valence-electron chi connectivity index (χ4n) is 1.67. The lowest BCUT2D eigenvalue weighted by molar-refractivity contribution is 0.719. The molecule has 0 radical (unpaired) electrons. The molecule has 0 aliphatic carbocycles. The number of benzene rings is 1. The van der Waals surface area contributed by atoms with Crippen LogP contribution in [0, 0.1) is 3.57 Å². The van der Waals surface area contributed by atoms with Crippen molar-refractivity contribution in [3.8, 4) is 11.3 Å². The molecule has 2 heterocycles. The molecule has 1 aromatic heterocycles. The van der Waals surface area contributed by atoms with Crippen molar-refractivity contribution < 1.29 is 0 Å². The molecule has 15 heavy (non-hydrogen) atoms. The summed E-state index contributed by atoms with van der Waals surface area (Å²) < 4.78 is 3.50. The lowest BCUT2D eigenvalue weighted by Crippen LogP contribution is -1.89. The molecule has 1 aromatic carbocycles. The van der Waals surface area contributed by atoms with E-state index >= 15 is 0 Å². The summed E-state index contributed by atoms with van der Waals surface area (Å²) in [5.74, 6) is 1.16. The van der Waals surface area contributed by atoms with E-state index < -0.39 is 0 Å². The molecule has 0 amide bonds. The van der Waals surface area contributed by atoms with Crippen LogP contribution in [0.4, 0.5) is 0 Å². The lowest BCUT2D eigenvalue weighted by Gasteiger charge is -1.96. The number of aromatic nitrogens is 2. The zero-order valence-corrected chi connectivity index (χ0v) is 11.0. The van der Waals surface area contributed by atoms with Crippen molar-refractivity contribution in [3.63, 3.8) is 0 Å². The smallest absolute Gasteiger partial charge is 0.168 e. The van der Waals surface area contributed by atoms with E-state index in [0.29, 0.717) is 0 Å². The van der Waals surface area contributed by atoms with Gasteiger partial charge in [0.1, 0.15) is 0 Å². The first kappa shape index (κ1) is 9.72. The maximum Gasteiger partial charge on any atom is 0.168 e. The number of fused-ring (bicyclic) bond motifs is 1. The molecule has 0 saturated heterocycles. The molecular weight excluding hydrogens is 319 g/mol. The highest BCUT2D eigenvalue weighted by atomic mass is 127. The van der Waals surface area contributed by atoms with Gasteiger partial charge in [0.05, 0.1) is 5.69 Å². The number of imidazole rings is 1. The molecule has 3 rings (SSSR count). The van der Waals surface area contributed by atoms with Crippen molar-refractivity contribution in [3.05, 3.63) is 34.0 Å². The van der Waals surface area contributed by atoms with Crippen LogP contribution in [0.25, 0.3) is 11.3 Å². The lowest BCUT2D eigenvalue weighted by atomic mass is 10.2. The van der Waals surface area contributed by atoms with Crippen molar-refractivity contribution in [2.75, 3.05) is 5.75 Å². The largest absolute Gasteiger partial charge is 0.325 e. The Kier molecular flexibility index (Phi) is 2.48. The van der Waals surface area contributed by atoms with Gasteiger partial charge in [0.25, 0.3) is 0 Å². The van der Waals surface area contributed by atoms with Crippen LogP contribution in [0.5, 0.6) is 0 Å². The molecule has 2 nitrogen and oxygen atoms in total. The molecule has 0 saturated carbocycles. The predicted molar refractivity (Wildman–Crippen MR) is 71.1 cm³/mol. The quantitative estimate of drug-likeness (QED) is 0.748. The molecule has 1 aliphatic heterocycles. The van der Waals surface area contributed by atoms with Crippen LogP contribution in [-0.4, -0.2) is 15.3 Å². The van der Waals surface area contributed by atoms with Crippen LogP contribution in [0.3, 0.4) is 0 Å². The van der Waals surface area contributed by atoms with Crippen LogP contribution in [0.1, 0.15) is 0 Å². The van der Waals surface area contributed by atoms with Gasteiger partial charge in [-0.15, -0.1) is 0 Å². The Morgan fingerprint density at radius 3 is 2.80 bits per heavy atom. The second-order valence-electron chi connectivity index (χ2n) is 3.46. The summed E-state index contributed by atoms with van der Waals surface area (Å²) in [7, 11) is 0. The third-order valence-electron chi connectivity index (χ3n) is 2.44. The Labute approximate surface area is 106 Å². The second kappa shape index (κ2) is 3.83. The second-order valence-corrected chi connectivity index (χ2v) is 5.77. The molecular formula is C11H9IN2S. The summed E-state index contributed by atoms with van der Waals surface area (Å²) in [6, 6.07) is 8.50. The van der Waals surface area contributed by atoms with Gasteiger partial charge in [-0.1, -0.05) is 23.9 Å². The maximum atomic E-state index is 4.61. The van der Waals surface area contributed by atoms with E-state index in [1.54, 1.807) is 0 Å². The zero-order valence-electron chi connectivity index (χ0n) is 7.98. The first-order valence-electron chi connectivity index (χ1n) is 4.79. The summed E-state index contributed by atoms with van der Waals surface area (Å²) in [5.41, 5.74) is 2.30. The number of hydrogen-bond donors (Lipinski definition) is 0. The number of hydrogen-bond acceptors (Lipinski definition) is 2. The van der Waals surface area contributed by atoms with Gasteiger partial charge in [-0.3, -0.25) is 0 Å². The Balaban J connectivity index is 2.02. The van der Waals surface area contributed by atoms with Gasteiger partial charge in [0, 0.05) is 27.6 Å². The van der Waals surface area contributed by atoms with Crippen LogP contribution in [0.15, 0.2) is 35.6 Å². The summed E-state index contributed by atoms with van der Waals surface area (Å²) in [6.07, 6.45) is 2.15. The van der Waals surface area contributed by atoms with Gasteiger partial charge in [0.15, 0.2) is 5.16 Å². The molecule has 2 aromatic rings. The topological polar surface area (TPSA) is 17.8 Å². The van der Waals surface area contributed by atoms with Crippen LogP contribution in [-0.2, 0) is 6.54 Å². The fourth-order valence-corrected chi connectivity index (χ4v) is 2.97. The molecule has 0 bridgehead atoms. The van der Waals surface area contributed by atoms with Crippen molar-refractivity contribution in [1.29, 1.82) is 0 Å². The van der Waals surface area contributed by atoms with E-state index in [0.717, 1.165) is 23.1 Å². The molecule has 0 N–H and O–H groups in total. The first-order valence-corrected chi connectivity index (χ1v) is 6.85. The van der Waals surface area contributed by atoms with Gasteiger partial charge in [-0.2, -0.15) is 0 Å². The molecule has 4 heteroatoms. The number of halogens is 1. The van der Waals surface area contributed by atoms with E-state index in [2.05, 4.69) is 62.6 Å². The predicted octanol–water partition coefficient (Wildman–Crippen LogP) is 3.26. The van der Waals surface area contributed by atoms with E-state index in [1.807, 2.05) is 11.8 Å². The number of thioether (sulfide) groups is 1. The van der Waals surface area contributed by atoms with Gasteiger partial charge >= 0.3 is 0 Å². The van der Waals surface area contributed by atoms with E-state index in [-0.39, 0.29) is 0 Å². The highest BCUT2D eigenvalue weighted by Crippen LogP contribution is 2.28. The maximum absolute atomic E-state index is 4.61. The number of rotatable bonds is 1. The first-order chi connectivity index (χ1) is 7.33. The van der Waals surface area contributed by atoms with Gasteiger partial charge in [0.2, 0.25) is 0 Å². The summed E-state index contributed by atoms with van der Waals surface area (Å²) >= 11 is 4.15. The highest BCUT2D eigenvalue weighted by Gasteiger charge is 2.14.